The number of rotatable bonds is 5. The normalized spacial score (nSPS) is 45.8. The van der Waals surface area contributed by atoms with Gasteiger partial charge >= 0.3 is 0 Å². The maximum absolute atomic E-state index is 4.79. The molecule has 4 rings (SSSR count). The van der Waals surface area contributed by atoms with E-state index >= 15 is 0 Å². The molecule has 0 saturated heterocycles. The zero-order valence-corrected chi connectivity index (χ0v) is 20.8. The first-order valence-corrected chi connectivity index (χ1v) is 13.0. The van der Waals surface area contributed by atoms with Gasteiger partial charge in [-0.2, -0.15) is 0 Å². The van der Waals surface area contributed by atoms with Crippen LogP contribution in [0.3, 0.4) is 0 Å². The minimum Gasteiger partial charge on any atom is -0.0999 e. The fourth-order valence-electron chi connectivity index (χ4n) is 8.95. The Balaban J connectivity index is 1.51. The zero-order valence-electron chi connectivity index (χ0n) is 20.8. The molecular formula is C30H48. The first-order valence-electron chi connectivity index (χ1n) is 13.0. The third-order valence-electron chi connectivity index (χ3n) is 11.1. The van der Waals surface area contributed by atoms with Crippen molar-refractivity contribution in [2.45, 2.75) is 105 Å². The average molecular weight is 409 g/mol. The molecule has 0 bridgehead atoms. The van der Waals surface area contributed by atoms with Gasteiger partial charge in [0.15, 0.2) is 0 Å². The van der Waals surface area contributed by atoms with Crippen molar-refractivity contribution in [1.82, 2.24) is 0 Å². The van der Waals surface area contributed by atoms with Crippen LogP contribution in [0.2, 0.25) is 0 Å². The zero-order chi connectivity index (χ0) is 21.9. The average Bonchev–Trinajstić information content (AvgIpc) is 2.97. The maximum atomic E-state index is 4.79. The van der Waals surface area contributed by atoms with E-state index in [0.717, 1.165) is 29.6 Å². The molecule has 4 fully saturated rings. The molecule has 30 heavy (non-hydrogen) atoms. The summed E-state index contributed by atoms with van der Waals surface area (Å²) in [5.41, 5.74) is 5.82. The van der Waals surface area contributed by atoms with Gasteiger partial charge in [-0.1, -0.05) is 71.1 Å². The lowest BCUT2D eigenvalue weighted by molar-refractivity contribution is -0.124. The Bertz CT molecular complexity index is 724. The van der Waals surface area contributed by atoms with Gasteiger partial charge in [-0.3, -0.25) is 0 Å². The molecule has 7 atom stereocenters. The molecule has 0 heteroatoms. The van der Waals surface area contributed by atoms with Crippen LogP contribution in [0, 0.1) is 45.8 Å². The second kappa shape index (κ2) is 7.67. The first-order chi connectivity index (χ1) is 14.0. The summed E-state index contributed by atoms with van der Waals surface area (Å²) >= 11 is 0. The summed E-state index contributed by atoms with van der Waals surface area (Å²) in [4.78, 5) is 0. The molecule has 4 saturated carbocycles. The van der Waals surface area contributed by atoms with Gasteiger partial charge in [-0.25, -0.2) is 0 Å². The quantitative estimate of drug-likeness (QED) is 0.398. The van der Waals surface area contributed by atoms with Crippen LogP contribution in [0.25, 0.3) is 0 Å². The van der Waals surface area contributed by atoms with Crippen LogP contribution in [0.5, 0.6) is 0 Å². The fourth-order valence-corrected chi connectivity index (χ4v) is 8.95. The van der Waals surface area contributed by atoms with E-state index in [-0.39, 0.29) is 0 Å². The summed E-state index contributed by atoms with van der Waals surface area (Å²) in [6.07, 6.45) is 14.7. The van der Waals surface area contributed by atoms with E-state index < -0.39 is 0 Å². The van der Waals surface area contributed by atoms with E-state index in [1.807, 2.05) is 0 Å². The van der Waals surface area contributed by atoms with Crippen LogP contribution >= 0.6 is 0 Å². The highest BCUT2D eigenvalue weighted by Crippen LogP contribution is 2.72. The largest absolute Gasteiger partial charge is 0.0999 e. The highest BCUT2D eigenvalue weighted by Gasteiger charge is 2.63. The number of allylic oxidation sites excluding steroid dienone is 3. The third kappa shape index (κ3) is 3.31. The molecule has 0 nitrogen and oxygen atoms in total. The predicted molar refractivity (Wildman–Crippen MR) is 131 cm³/mol. The Labute approximate surface area is 187 Å². The maximum Gasteiger partial charge on any atom is -0.00598 e. The number of hydrogen-bond acceptors (Lipinski definition) is 0. The molecule has 168 valence electrons. The molecule has 0 spiro atoms. The van der Waals surface area contributed by atoms with Crippen molar-refractivity contribution in [3.8, 4) is 0 Å². The van der Waals surface area contributed by atoms with Crippen molar-refractivity contribution >= 4 is 0 Å². The molecule has 7 unspecified atom stereocenters. The minimum atomic E-state index is 0.333. The van der Waals surface area contributed by atoms with Crippen LogP contribution < -0.4 is 0 Å². The summed E-state index contributed by atoms with van der Waals surface area (Å²) in [5.74, 6) is 4.22. The Hall–Kier alpha value is -0.780. The second-order valence-electron chi connectivity index (χ2n) is 13.0. The highest BCUT2D eigenvalue weighted by molar-refractivity contribution is 5.28. The van der Waals surface area contributed by atoms with Crippen molar-refractivity contribution in [2.24, 2.45) is 45.8 Å². The van der Waals surface area contributed by atoms with E-state index in [9.17, 15) is 0 Å². The highest BCUT2D eigenvalue weighted by atomic mass is 14.7. The molecule has 0 radical (unpaired) electrons. The molecule has 0 heterocycles. The Morgan fingerprint density at radius 1 is 1.00 bits per heavy atom. The van der Waals surface area contributed by atoms with Crippen molar-refractivity contribution in [1.29, 1.82) is 0 Å². The number of hydrogen-bond donors (Lipinski definition) is 0. The van der Waals surface area contributed by atoms with Crippen molar-refractivity contribution in [2.75, 3.05) is 0 Å². The lowest BCUT2D eigenvalue weighted by Gasteiger charge is -2.66. The summed E-state index contributed by atoms with van der Waals surface area (Å²) in [5, 5.41) is 0. The van der Waals surface area contributed by atoms with Crippen LogP contribution in [0.1, 0.15) is 105 Å². The van der Waals surface area contributed by atoms with E-state index in [1.165, 1.54) is 76.2 Å². The minimum absolute atomic E-state index is 0.333. The summed E-state index contributed by atoms with van der Waals surface area (Å²) in [7, 11) is 0. The molecule has 0 N–H and O–H groups in total. The molecule has 0 aromatic heterocycles. The molecule has 0 aliphatic heterocycles. The monoisotopic (exact) mass is 408 g/mol. The molecule has 0 amide bonds. The Kier molecular flexibility index (Phi) is 5.73. The topological polar surface area (TPSA) is 0 Å². The lowest BCUT2D eigenvalue weighted by atomic mass is 9.39. The van der Waals surface area contributed by atoms with Crippen LogP contribution in [-0.4, -0.2) is 0 Å². The van der Waals surface area contributed by atoms with Crippen molar-refractivity contribution < 1.29 is 0 Å². The fraction of sp³-hybridized carbons (Fsp3) is 0.800. The van der Waals surface area contributed by atoms with Gasteiger partial charge in [0.25, 0.3) is 0 Å². The van der Waals surface area contributed by atoms with Gasteiger partial charge in [-0.15, -0.1) is 0 Å². The van der Waals surface area contributed by atoms with Gasteiger partial charge in [0, 0.05) is 0 Å². The van der Waals surface area contributed by atoms with Gasteiger partial charge in [0.05, 0.1) is 0 Å². The molecular weight excluding hydrogens is 360 g/mol. The van der Waals surface area contributed by atoms with Gasteiger partial charge in [0.2, 0.25) is 0 Å². The Morgan fingerprint density at radius 3 is 2.43 bits per heavy atom. The van der Waals surface area contributed by atoms with Gasteiger partial charge < -0.3 is 0 Å². The predicted octanol–water partition coefficient (Wildman–Crippen LogP) is 9.14. The smallest absolute Gasteiger partial charge is 0.00598 e. The first kappa shape index (κ1) is 22.4. The van der Waals surface area contributed by atoms with Crippen LogP contribution in [0.15, 0.2) is 36.5 Å². The molecule has 0 aromatic rings. The van der Waals surface area contributed by atoms with E-state index in [2.05, 4.69) is 47.8 Å². The van der Waals surface area contributed by atoms with Crippen LogP contribution in [0.4, 0.5) is 0 Å². The van der Waals surface area contributed by atoms with Gasteiger partial charge in [0.1, 0.15) is 0 Å². The lowest BCUT2D eigenvalue weighted by Crippen LogP contribution is -2.58. The van der Waals surface area contributed by atoms with Crippen molar-refractivity contribution in [3.05, 3.63) is 36.5 Å². The molecule has 4 aliphatic rings. The SMILES string of the molecule is C=C(CCC1CCC2(C)C3CCC4(C)C(=C)CCC4C3CC(=C)C2(C)C1)CC(C)C. The number of fused-ring (bicyclic) bond motifs is 5. The van der Waals surface area contributed by atoms with E-state index in [4.69, 9.17) is 6.58 Å². The summed E-state index contributed by atoms with van der Waals surface area (Å²) < 4.78 is 0. The molecule has 4 aliphatic carbocycles. The molecule has 0 aromatic carbocycles. The van der Waals surface area contributed by atoms with E-state index in [0.29, 0.717) is 16.2 Å². The second-order valence-corrected chi connectivity index (χ2v) is 13.0. The van der Waals surface area contributed by atoms with Gasteiger partial charge in [-0.05, 0) is 116 Å². The van der Waals surface area contributed by atoms with Crippen LogP contribution in [-0.2, 0) is 0 Å². The summed E-state index contributed by atoms with van der Waals surface area (Å²) in [6, 6.07) is 0. The van der Waals surface area contributed by atoms with Crippen molar-refractivity contribution in [3.63, 3.8) is 0 Å². The standard InChI is InChI=1S/C30H48/c1-20(2)17-21(3)9-11-24-13-16-29(7)27-14-15-28(6)22(4)10-12-26(28)25(27)18-23(5)30(29,8)19-24/h20,24-27H,3-5,9-19H2,1-2,6-8H3. The summed E-state index contributed by atoms with van der Waals surface area (Å²) in [6.45, 7) is 26.1. The third-order valence-corrected chi connectivity index (χ3v) is 11.1. The van der Waals surface area contributed by atoms with E-state index in [1.54, 1.807) is 11.1 Å². The Morgan fingerprint density at radius 2 is 1.73 bits per heavy atom.